The van der Waals surface area contributed by atoms with Crippen LogP contribution >= 0.6 is 34.5 Å². The average Bonchev–Trinajstić information content (AvgIpc) is 3.24. The van der Waals surface area contributed by atoms with Gasteiger partial charge in [-0.1, -0.05) is 29.3 Å². The minimum Gasteiger partial charge on any atom is -0.350 e. The largest absolute Gasteiger partial charge is 0.350 e. The Balaban J connectivity index is 1.68. The highest BCUT2D eigenvalue weighted by Crippen LogP contribution is 2.28. The van der Waals surface area contributed by atoms with Gasteiger partial charge in [-0.2, -0.15) is 0 Å². The van der Waals surface area contributed by atoms with Crippen molar-refractivity contribution in [2.24, 2.45) is 0 Å². The molecule has 1 N–H and O–H groups in total. The second-order valence-corrected chi connectivity index (χ2v) is 7.41. The summed E-state index contributed by atoms with van der Waals surface area (Å²) in [6, 6.07) is 9.39. The van der Waals surface area contributed by atoms with E-state index in [2.05, 4.69) is 27.7 Å². The van der Waals surface area contributed by atoms with Crippen molar-refractivity contribution in [3.63, 3.8) is 0 Å². The van der Waals surface area contributed by atoms with Gasteiger partial charge in [-0.15, -0.1) is 11.3 Å². The van der Waals surface area contributed by atoms with Crippen molar-refractivity contribution in [2.75, 3.05) is 19.6 Å². The van der Waals surface area contributed by atoms with Gasteiger partial charge < -0.3 is 5.32 Å². The number of likely N-dealkylation sites (tertiary alicyclic amines) is 1. The highest BCUT2D eigenvalue weighted by molar-refractivity contribution is 7.10. The molecule has 2 heterocycles. The van der Waals surface area contributed by atoms with Crippen LogP contribution in [0.5, 0.6) is 0 Å². The van der Waals surface area contributed by atoms with Crippen LogP contribution in [0.4, 0.5) is 0 Å². The molecular formula is C17H18Cl2N2OS. The molecule has 1 fully saturated rings. The third-order valence-electron chi connectivity index (χ3n) is 4.09. The molecule has 6 heteroatoms. The topological polar surface area (TPSA) is 32.3 Å². The number of halogens is 2. The monoisotopic (exact) mass is 368 g/mol. The average molecular weight is 369 g/mol. The summed E-state index contributed by atoms with van der Waals surface area (Å²) in [5.41, 5.74) is 0.533. The molecule has 0 saturated carbocycles. The summed E-state index contributed by atoms with van der Waals surface area (Å²) < 4.78 is 0. The molecule has 122 valence electrons. The van der Waals surface area contributed by atoms with Crippen LogP contribution in [0.1, 0.15) is 34.1 Å². The van der Waals surface area contributed by atoms with E-state index in [4.69, 9.17) is 23.2 Å². The minimum absolute atomic E-state index is 0.121. The molecule has 3 nitrogen and oxygen atoms in total. The van der Waals surface area contributed by atoms with Crippen molar-refractivity contribution in [2.45, 2.75) is 18.9 Å². The molecule has 2 aromatic rings. The van der Waals surface area contributed by atoms with Crippen LogP contribution in [0.3, 0.4) is 0 Å². The molecule has 3 rings (SSSR count). The lowest BCUT2D eigenvalue weighted by atomic mass is 10.2. The Morgan fingerprint density at radius 1 is 1.22 bits per heavy atom. The van der Waals surface area contributed by atoms with Crippen LogP contribution in [0.15, 0.2) is 35.7 Å². The van der Waals surface area contributed by atoms with Crippen molar-refractivity contribution < 1.29 is 4.79 Å². The number of thiophene rings is 1. The standard InChI is InChI=1S/C17H18Cl2N2OS/c18-13-6-5-12(10-14(13)19)17(22)20-11-15(16-4-3-9-23-16)21-7-1-2-8-21/h3-6,9-10,15H,1-2,7-8,11H2,(H,20,22)/t15-/m0/s1. The normalized spacial score (nSPS) is 16.4. The predicted octanol–water partition coefficient (Wildman–Crippen LogP) is 4.62. The van der Waals surface area contributed by atoms with Gasteiger partial charge in [-0.25, -0.2) is 0 Å². The number of amides is 1. The minimum atomic E-state index is -0.121. The molecule has 0 aliphatic carbocycles. The predicted molar refractivity (Wildman–Crippen MR) is 96.7 cm³/mol. The van der Waals surface area contributed by atoms with E-state index in [9.17, 15) is 4.79 Å². The second-order valence-electron chi connectivity index (χ2n) is 5.61. The molecule has 1 aromatic carbocycles. The molecule has 0 spiro atoms. The van der Waals surface area contributed by atoms with E-state index in [0.29, 0.717) is 22.2 Å². The van der Waals surface area contributed by atoms with E-state index < -0.39 is 0 Å². The van der Waals surface area contributed by atoms with Gasteiger partial charge in [0.05, 0.1) is 16.1 Å². The van der Waals surface area contributed by atoms with Crippen molar-refractivity contribution in [3.05, 3.63) is 56.2 Å². The Morgan fingerprint density at radius 2 is 2.00 bits per heavy atom. The van der Waals surface area contributed by atoms with E-state index in [1.807, 2.05) is 0 Å². The van der Waals surface area contributed by atoms with Gasteiger partial charge in [0, 0.05) is 17.0 Å². The van der Waals surface area contributed by atoms with Crippen molar-refractivity contribution in [3.8, 4) is 0 Å². The third-order valence-corrected chi connectivity index (χ3v) is 5.80. The van der Waals surface area contributed by atoms with Gasteiger partial charge in [-0.3, -0.25) is 9.69 Å². The number of hydrogen-bond acceptors (Lipinski definition) is 3. The Kier molecular flexibility index (Phi) is 5.59. The molecule has 0 bridgehead atoms. The Bertz CT molecular complexity index is 669. The zero-order valence-electron chi connectivity index (χ0n) is 12.6. The first-order chi connectivity index (χ1) is 11.1. The lowest BCUT2D eigenvalue weighted by Crippen LogP contribution is -2.36. The van der Waals surface area contributed by atoms with E-state index in [-0.39, 0.29) is 11.9 Å². The van der Waals surface area contributed by atoms with Gasteiger partial charge >= 0.3 is 0 Å². The highest BCUT2D eigenvalue weighted by atomic mass is 35.5. The Morgan fingerprint density at radius 3 is 2.65 bits per heavy atom. The first-order valence-corrected chi connectivity index (χ1v) is 9.29. The number of carbonyl (C=O) groups excluding carboxylic acids is 1. The summed E-state index contributed by atoms with van der Waals surface area (Å²) in [5, 5.41) is 5.97. The molecule has 0 unspecified atom stereocenters. The quantitative estimate of drug-likeness (QED) is 0.834. The van der Waals surface area contributed by atoms with Crippen LogP contribution in [0, 0.1) is 0 Å². The zero-order chi connectivity index (χ0) is 16.2. The van der Waals surface area contributed by atoms with Crippen LogP contribution in [-0.4, -0.2) is 30.4 Å². The fourth-order valence-electron chi connectivity index (χ4n) is 2.87. The van der Waals surface area contributed by atoms with Gasteiger partial charge in [0.15, 0.2) is 0 Å². The van der Waals surface area contributed by atoms with E-state index in [0.717, 1.165) is 13.1 Å². The zero-order valence-corrected chi connectivity index (χ0v) is 14.9. The van der Waals surface area contributed by atoms with E-state index in [1.165, 1.54) is 17.7 Å². The molecule has 1 saturated heterocycles. The Hall–Kier alpha value is -1.07. The summed E-state index contributed by atoms with van der Waals surface area (Å²) in [7, 11) is 0. The summed E-state index contributed by atoms with van der Waals surface area (Å²) in [5.74, 6) is -0.121. The molecule has 1 atom stereocenters. The van der Waals surface area contributed by atoms with E-state index >= 15 is 0 Å². The molecule has 1 aliphatic heterocycles. The maximum atomic E-state index is 12.4. The number of rotatable bonds is 5. The summed E-state index contributed by atoms with van der Waals surface area (Å²) in [4.78, 5) is 16.1. The fraction of sp³-hybridized carbons (Fsp3) is 0.353. The summed E-state index contributed by atoms with van der Waals surface area (Å²) in [6.07, 6.45) is 2.45. The first-order valence-electron chi connectivity index (χ1n) is 7.66. The molecule has 1 aromatic heterocycles. The molecule has 23 heavy (non-hydrogen) atoms. The number of nitrogens with one attached hydrogen (secondary N) is 1. The van der Waals surface area contributed by atoms with Crippen molar-refractivity contribution in [1.82, 2.24) is 10.2 Å². The SMILES string of the molecule is O=C(NC[C@@H](c1cccs1)N1CCCC1)c1ccc(Cl)c(Cl)c1. The lowest BCUT2D eigenvalue weighted by molar-refractivity contribution is 0.0938. The van der Waals surface area contributed by atoms with Crippen LogP contribution in [0.2, 0.25) is 10.0 Å². The Labute approximate surface area is 150 Å². The molecular weight excluding hydrogens is 351 g/mol. The van der Waals surface area contributed by atoms with Gasteiger partial charge in [0.25, 0.3) is 5.91 Å². The highest BCUT2D eigenvalue weighted by Gasteiger charge is 2.24. The molecule has 0 radical (unpaired) electrons. The van der Waals surface area contributed by atoms with Gasteiger partial charge in [-0.05, 0) is 55.6 Å². The van der Waals surface area contributed by atoms with E-state index in [1.54, 1.807) is 29.5 Å². The lowest BCUT2D eigenvalue weighted by Gasteiger charge is -2.27. The maximum Gasteiger partial charge on any atom is 0.251 e. The molecule has 1 aliphatic rings. The number of nitrogens with zero attached hydrogens (tertiary/aromatic N) is 1. The fourth-order valence-corrected chi connectivity index (χ4v) is 4.03. The maximum absolute atomic E-state index is 12.4. The number of hydrogen-bond donors (Lipinski definition) is 1. The summed E-state index contributed by atoms with van der Waals surface area (Å²) >= 11 is 13.6. The number of benzene rings is 1. The van der Waals surface area contributed by atoms with Gasteiger partial charge in [0.1, 0.15) is 0 Å². The van der Waals surface area contributed by atoms with Crippen molar-refractivity contribution in [1.29, 1.82) is 0 Å². The summed E-state index contributed by atoms with van der Waals surface area (Å²) in [6.45, 7) is 2.77. The second kappa shape index (κ2) is 7.67. The van der Waals surface area contributed by atoms with Crippen LogP contribution < -0.4 is 5.32 Å². The molecule has 1 amide bonds. The third kappa shape index (κ3) is 4.07. The van der Waals surface area contributed by atoms with Crippen molar-refractivity contribution >= 4 is 40.4 Å². The van der Waals surface area contributed by atoms with Crippen LogP contribution in [0.25, 0.3) is 0 Å². The van der Waals surface area contributed by atoms with Crippen LogP contribution in [-0.2, 0) is 0 Å². The van der Waals surface area contributed by atoms with Gasteiger partial charge in [0.2, 0.25) is 0 Å². The first kappa shape index (κ1) is 16.8. The smallest absolute Gasteiger partial charge is 0.251 e. The number of carbonyl (C=O) groups is 1.